The van der Waals surface area contributed by atoms with Crippen LogP contribution in [-0.4, -0.2) is 19.3 Å². The third-order valence-electron chi connectivity index (χ3n) is 3.57. The molecule has 1 aliphatic heterocycles. The van der Waals surface area contributed by atoms with Crippen LogP contribution in [0.5, 0.6) is 11.5 Å². The van der Waals surface area contributed by atoms with E-state index in [1.165, 1.54) is 0 Å². The molecule has 0 bridgehead atoms. The minimum Gasteiger partial charge on any atom is -0.454 e. The van der Waals surface area contributed by atoms with Gasteiger partial charge in [-0.3, -0.25) is 0 Å². The topological polar surface area (TPSA) is 44.5 Å². The number of benzene rings is 1. The molecule has 92 valence electrons. The first-order chi connectivity index (χ1) is 8.05. The fraction of sp³-hybridized carbons (Fsp3) is 0.500. The predicted molar refractivity (Wildman–Crippen MR) is 57.5 cm³/mol. The summed E-state index contributed by atoms with van der Waals surface area (Å²) in [5.74, 6) is -1.31. The van der Waals surface area contributed by atoms with Crippen molar-refractivity contribution in [2.24, 2.45) is 5.73 Å². The van der Waals surface area contributed by atoms with Crippen molar-refractivity contribution in [2.75, 3.05) is 13.3 Å². The molecule has 3 nitrogen and oxygen atoms in total. The predicted octanol–water partition coefficient (Wildman–Crippen LogP) is 2.04. The zero-order valence-electron chi connectivity index (χ0n) is 9.21. The monoisotopic (exact) mass is 241 g/mol. The third kappa shape index (κ3) is 1.57. The van der Waals surface area contributed by atoms with Gasteiger partial charge in [-0.15, -0.1) is 0 Å². The SMILES string of the molecule is NCC1(c2ccc3c(c2)OCO3)CC(F)(F)C1. The van der Waals surface area contributed by atoms with Crippen LogP contribution < -0.4 is 15.2 Å². The van der Waals surface area contributed by atoms with Gasteiger partial charge in [0.25, 0.3) is 0 Å². The number of fused-ring (bicyclic) bond motifs is 1. The summed E-state index contributed by atoms with van der Waals surface area (Å²) in [6, 6.07) is 5.32. The van der Waals surface area contributed by atoms with Crippen molar-refractivity contribution >= 4 is 0 Å². The van der Waals surface area contributed by atoms with E-state index in [-0.39, 0.29) is 26.2 Å². The quantitative estimate of drug-likeness (QED) is 0.861. The molecule has 5 heteroatoms. The molecule has 3 rings (SSSR count). The first kappa shape index (κ1) is 10.8. The number of nitrogens with two attached hydrogens (primary N) is 1. The van der Waals surface area contributed by atoms with Crippen LogP contribution in [0.2, 0.25) is 0 Å². The molecule has 1 fully saturated rings. The third-order valence-corrected chi connectivity index (χ3v) is 3.57. The van der Waals surface area contributed by atoms with Gasteiger partial charge in [0, 0.05) is 24.8 Å². The average molecular weight is 241 g/mol. The number of hydrogen-bond donors (Lipinski definition) is 1. The molecule has 2 N–H and O–H groups in total. The minimum atomic E-state index is -2.59. The molecule has 17 heavy (non-hydrogen) atoms. The lowest BCUT2D eigenvalue weighted by Crippen LogP contribution is -2.53. The van der Waals surface area contributed by atoms with Crippen molar-refractivity contribution in [1.29, 1.82) is 0 Å². The van der Waals surface area contributed by atoms with E-state index in [4.69, 9.17) is 15.2 Å². The summed E-state index contributed by atoms with van der Waals surface area (Å²) in [6.45, 7) is 0.410. The zero-order chi connectivity index (χ0) is 12.1. The maximum absolute atomic E-state index is 13.1. The van der Waals surface area contributed by atoms with Crippen LogP contribution >= 0.6 is 0 Å². The van der Waals surface area contributed by atoms with Crippen molar-refractivity contribution in [3.05, 3.63) is 23.8 Å². The highest BCUT2D eigenvalue weighted by atomic mass is 19.3. The second-order valence-corrected chi connectivity index (χ2v) is 4.76. The van der Waals surface area contributed by atoms with Crippen molar-refractivity contribution in [3.8, 4) is 11.5 Å². The molecule has 1 heterocycles. The molecule has 0 radical (unpaired) electrons. The summed E-state index contributed by atoms with van der Waals surface area (Å²) < 4.78 is 36.6. The maximum Gasteiger partial charge on any atom is 0.250 e. The molecular weight excluding hydrogens is 228 g/mol. The number of hydrogen-bond acceptors (Lipinski definition) is 3. The van der Waals surface area contributed by atoms with Crippen molar-refractivity contribution in [1.82, 2.24) is 0 Å². The molecule has 0 saturated heterocycles. The van der Waals surface area contributed by atoms with Gasteiger partial charge in [0.2, 0.25) is 12.7 Å². The second-order valence-electron chi connectivity index (χ2n) is 4.76. The highest BCUT2D eigenvalue weighted by Gasteiger charge is 2.56. The van der Waals surface area contributed by atoms with E-state index < -0.39 is 11.3 Å². The van der Waals surface area contributed by atoms with Gasteiger partial charge in [-0.25, -0.2) is 8.78 Å². The summed E-state index contributed by atoms with van der Waals surface area (Å²) in [6.07, 6.45) is -0.369. The van der Waals surface area contributed by atoms with Gasteiger partial charge in [0.15, 0.2) is 11.5 Å². The first-order valence-corrected chi connectivity index (χ1v) is 5.53. The van der Waals surface area contributed by atoms with E-state index in [0.717, 1.165) is 5.56 Å². The van der Waals surface area contributed by atoms with Crippen molar-refractivity contribution < 1.29 is 18.3 Å². The van der Waals surface area contributed by atoms with Gasteiger partial charge in [-0.1, -0.05) is 6.07 Å². The van der Waals surface area contributed by atoms with Gasteiger partial charge in [-0.2, -0.15) is 0 Å². The van der Waals surface area contributed by atoms with Crippen LogP contribution in [0.4, 0.5) is 8.78 Å². The number of ether oxygens (including phenoxy) is 2. The van der Waals surface area contributed by atoms with Crippen LogP contribution in [0.15, 0.2) is 18.2 Å². The maximum atomic E-state index is 13.1. The summed E-state index contributed by atoms with van der Waals surface area (Å²) in [4.78, 5) is 0. The van der Waals surface area contributed by atoms with E-state index in [9.17, 15) is 8.78 Å². The summed E-state index contributed by atoms with van der Waals surface area (Å²) in [5, 5.41) is 0. The molecule has 0 spiro atoms. The molecule has 1 aromatic rings. The van der Waals surface area contributed by atoms with E-state index in [1.54, 1.807) is 18.2 Å². The van der Waals surface area contributed by atoms with Crippen LogP contribution in [-0.2, 0) is 5.41 Å². The van der Waals surface area contributed by atoms with E-state index in [2.05, 4.69) is 0 Å². The Balaban J connectivity index is 1.93. The Morgan fingerprint density at radius 3 is 2.53 bits per heavy atom. The molecule has 1 aliphatic carbocycles. The van der Waals surface area contributed by atoms with Crippen LogP contribution in [0, 0.1) is 0 Å². The summed E-state index contributed by atoms with van der Waals surface area (Å²) >= 11 is 0. The largest absolute Gasteiger partial charge is 0.454 e. The smallest absolute Gasteiger partial charge is 0.250 e. The van der Waals surface area contributed by atoms with Crippen molar-refractivity contribution in [2.45, 2.75) is 24.2 Å². The lowest BCUT2D eigenvalue weighted by Gasteiger charge is -2.47. The highest BCUT2D eigenvalue weighted by molar-refractivity contribution is 5.47. The first-order valence-electron chi connectivity index (χ1n) is 5.53. The normalized spacial score (nSPS) is 23.2. The Kier molecular flexibility index (Phi) is 2.10. The number of halogens is 2. The number of alkyl halides is 2. The molecular formula is C12H13F2NO2. The number of rotatable bonds is 2. The zero-order valence-corrected chi connectivity index (χ0v) is 9.21. The van der Waals surface area contributed by atoms with Crippen LogP contribution in [0.25, 0.3) is 0 Å². The van der Waals surface area contributed by atoms with E-state index in [1.807, 2.05) is 0 Å². The highest BCUT2D eigenvalue weighted by Crippen LogP contribution is 2.53. The summed E-state index contributed by atoms with van der Waals surface area (Å²) in [7, 11) is 0. The lowest BCUT2D eigenvalue weighted by molar-refractivity contribution is -0.123. The van der Waals surface area contributed by atoms with Gasteiger partial charge >= 0.3 is 0 Å². The summed E-state index contributed by atoms with van der Waals surface area (Å²) in [5.41, 5.74) is 5.87. The Bertz CT molecular complexity index is 454. The van der Waals surface area contributed by atoms with Gasteiger partial charge in [-0.05, 0) is 17.7 Å². The minimum absolute atomic E-state index is 0.184. The van der Waals surface area contributed by atoms with Crippen LogP contribution in [0.3, 0.4) is 0 Å². The van der Waals surface area contributed by atoms with E-state index in [0.29, 0.717) is 11.5 Å². The molecule has 0 atom stereocenters. The molecule has 2 aliphatic rings. The Hall–Kier alpha value is -1.36. The van der Waals surface area contributed by atoms with Crippen LogP contribution in [0.1, 0.15) is 18.4 Å². The van der Waals surface area contributed by atoms with E-state index >= 15 is 0 Å². The molecule has 0 amide bonds. The Morgan fingerprint density at radius 2 is 1.88 bits per heavy atom. The molecule has 0 aromatic heterocycles. The molecule has 1 saturated carbocycles. The standard InChI is InChI=1S/C12H13F2NO2/c13-12(14)4-11(5-12,6-15)8-1-2-9-10(3-8)17-7-16-9/h1-3H,4-7,15H2. The average Bonchev–Trinajstić information content (AvgIpc) is 2.71. The molecule has 0 unspecified atom stereocenters. The Labute approximate surface area is 97.5 Å². The fourth-order valence-electron chi connectivity index (χ4n) is 2.63. The second kappa shape index (κ2) is 3.32. The fourth-order valence-corrected chi connectivity index (χ4v) is 2.63. The van der Waals surface area contributed by atoms with Gasteiger partial charge < -0.3 is 15.2 Å². The van der Waals surface area contributed by atoms with Crippen molar-refractivity contribution in [3.63, 3.8) is 0 Å². The van der Waals surface area contributed by atoms with Gasteiger partial charge in [0.05, 0.1) is 0 Å². The Morgan fingerprint density at radius 1 is 1.18 bits per heavy atom. The molecule has 1 aromatic carbocycles. The lowest BCUT2D eigenvalue weighted by atomic mass is 9.62. The van der Waals surface area contributed by atoms with Gasteiger partial charge in [0.1, 0.15) is 0 Å².